The van der Waals surface area contributed by atoms with Gasteiger partial charge in [-0.15, -0.1) is 0 Å². The van der Waals surface area contributed by atoms with Crippen molar-refractivity contribution >= 4 is 23.3 Å². The van der Waals surface area contributed by atoms with Gasteiger partial charge in [-0.05, 0) is 24.1 Å². The highest BCUT2D eigenvalue weighted by molar-refractivity contribution is 6.29. The maximum Gasteiger partial charge on any atom is 0.337 e. The number of nitrogens with two attached hydrogens (primary N) is 1. The maximum atomic E-state index is 11.1. The Morgan fingerprint density at radius 3 is 2.84 bits per heavy atom. The first kappa shape index (κ1) is 15.0. The van der Waals surface area contributed by atoms with E-state index in [-0.39, 0.29) is 17.0 Å². The van der Waals surface area contributed by atoms with Crippen LogP contribution in [0.25, 0.3) is 0 Å². The van der Waals surface area contributed by atoms with Crippen LogP contribution < -0.4 is 11.1 Å². The van der Waals surface area contributed by atoms with Crippen molar-refractivity contribution in [3.63, 3.8) is 0 Å². The summed E-state index contributed by atoms with van der Waals surface area (Å²) in [5, 5.41) is 20.2. The van der Waals surface area contributed by atoms with Gasteiger partial charge in [0.1, 0.15) is 5.16 Å². The number of carboxylic acids is 1. The molecule has 6 heteroatoms. The van der Waals surface area contributed by atoms with Crippen molar-refractivity contribution in [2.45, 2.75) is 19.4 Å². The van der Waals surface area contributed by atoms with E-state index in [9.17, 15) is 4.79 Å². The van der Waals surface area contributed by atoms with Gasteiger partial charge in [-0.1, -0.05) is 31.2 Å². The van der Waals surface area contributed by atoms with Crippen molar-refractivity contribution < 1.29 is 9.90 Å². The number of hydrogen-bond acceptors (Lipinski definition) is 4. The van der Waals surface area contributed by atoms with E-state index in [4.69, 9.17) is 27.9 Å². The Morgan fingerprint density at radius 1 is 1.74 bits per heavy atom. The highest BCUT2D eigenvalue weighted by Gasteiger charge is 2.29. The second-order valence-corrected chi connectivity index (χ2v) is 4.35. The standard InChI is InChI=1S/C13H16ClN3O2/c1-3-5-9(14)17-12-7(4-2)6-8(13(18)19)10(15)11(12)16/h3,5-6,12,16-17H,1,4,15H2,2H3,(H,18,19)/b9-5-,16-11?. The summed E-state index contributed by atoms with van der Waals surface area (Å²) in [6.45, 7) is 5.40. The highest BCUT2D eigenvalue weighted by Crippen LogP contribution is 2.23. The predicted octanol–water partition coefficient (Wildman–Crippen LogP) is 1.88. The average Bonchev–Trinajstić information content (AvgIpc) is 2.35. The van der Waals surface area contributed by atoms with E-state index in [0.717, 1.165) is 5.57 Å². The molecule has 1 aliphatic rings. The van der Waals surface area contributed by atoms with Crippen LogP contribution in [-0.4, -0.2) is 22.8 Å². The predicted molar refractivity (Wildman–Crippen MR) is 76.0 cm³/mol. The Labute approximate surface area is 116 Å². The molecule has 0 aromatic carbocycles. The van der Waals surface area contributed by atoms with Crippen molar-refractivity contribution in [3.05, 3.63) is 46.8 Å². The van der Waals surface area contributed by atoms with Gasteiger partial charge in [-0.25, -0.2) is 4.79 Å². The second-order valence-electron chi connectivity index (χ2n) is 3.95. The molecule has 1 rings (SSSR count). The zero-order valence-corrected chi connectivity index (χ0v) is 11.3. The van der Waals surface area contributed by atoms with Crippen LogP contribution in [0.2, 0.25) is 0 Å². The summed E-state index contributed by atoms with van der Waals surface area (Å²) < 4.78 is 0. The Balaban J connectivity index is 3.14. The molecule has 1 aliphatic carbocycles. The largest absolute Gasteiger partial charge is 0.478 e. The molecule has 5 nitrogen and oxygen atoms in total. The summed E-state index contributed by atoms with van der Waals surface area (Å²) >= 11 is 5.93. The molecule has 19 heavy (non-hydrogen) atoms. The SMILES string of the molecule is C=C/C=C(/Cl)NC1C(=N)C(N)=C(C(=O)O)C=C1CC. The fraction of sp³-hybridized carbons (Fsp3) is 0.231. The summed E-state index contributed by atoms with van der Waals surface area (Å²) in [6, 6.07) is -0.517. The summed E-state index contributed by atoms with van der Waals surface area (Å²) in [4.78, 5) is 11.1. The zero-order chi connectivity index (χ0) is 14.6. The molecule has 0 saturated carbocycles. The van der Waals surface area contributed by atoms with Crippen LogP contribution in [0.15, 0.2) is 46.8 Å². The van der Waals surface area contributed by atoms with E-state index >= 15 is 0 Å². The first-order valence-corrected chi connectivity index (χ1v) is 6.07. The lowest BCUT2D eigenvalue weighted by atomic mass is 9.89. The van der Waals surface area contributed by atoms with E-state index in [1.54, 1.807) is 6.08 Å². The summed E-state index contributed by atoms with van der Waals surface area (Å²) in [7, 11) is 0. The summed E-state index contributed by atoms with van der Waals surface area (Å²) in [5.41, 5.74) is 6.33. The topological polar surface area (TPSA) is 99.2 Å². The molecular weight excluding hydrogens is 266 g/mol. The van der Waals surface area contributed by atoms with Crippen LogP contribution in [0.4, 0.5) is 0 Å². The summed E-state index contributed by atoms with van der Waals surface area (Å²) in [5.74, 6) is -1.14. The minimum absolute atomic E-state index is 0.00682. The zero-order valence-electron chi connectivity index (χ0n) is 10.5. The number of nitrogens with one attached hydrogen (secondary N) is 2. The molecule has 1 unspecified atom stereocenters. The molecule has 102 valence electrons. The van der Waals surface area contributed by atoms with Gasteiger partial charge in [-0.3, -0.25) is 0 Å². The van der Waals surface area contributed by atoms with Crippen LogP contribution in [0.3, 0.4) is 0 Å². The van der Waals surface area contributed by atoms with Crippen molar-refractivity contribution in [3.8, 4) is 0 Å². The van der Waals surface area contributed by atoms with E-state index < -0.39 is 12.0 Å². The third-order valence-corrected chi connectivity index (χ3v) is 2.99. The number of carboxylic acid groups (broad SMARTS) is 1. The van der Waals surface area contributed by atoms with Crippen LogP contribution in [0, 0.1) is 5.41 Å². The Kier molecular flexibility index (Phi) is 4.94. The van der Waals surface area contributed by atoms with Crippen molar-refractivity contribution in [1.29, 1.82) is 5.41 Å². The normalized spacial score (nSPS) is 20.1. The monoisotopic (exact) mass is 281 g/mol. The van der Waals surface area contributed by atoms with Crippen LogP contribution in [0.5, 0.6) is 0 Å². The minimum Gasteiger partial charge on any atom is -0.478 e. The van der Waals surface area contributed by atoms with Gasteiger partial charge in [0.15, 0.2) is 0 Å². The molecule has 0 bridgehead atoms. The lowest BCUT2D eigenvalue weighted by Crippen LogP contribution is -2.42. The lowest BCUT2D eigenvalue weighted by molar-refractivity contribution is -0.132. The number of allylic oxidation sites excluding steroid dienone is 2. The van der Waals surface area contributed by atoms with Crippen molar-refractivity contribution in [2.24, 2.45) is 5.73 Å². The first-order valence-electron chi connectivity index (χ1n) is 5.69. The number of halogens is 1. The minimum atomic E-state index is -1.14. The van der Waals surface area contributed by atoms with Gasteiger partial charge >= 0.3 is 5.97 Å². The third kappa shape index (κ3) is 3.26. The quantitative estimate of drug-likeness (QED) is 0.457. The fourth-order valence-corrected chi connectivity index (χ4v) is 1.97. The molecule has 0 aromatic rings. The van der Waals surface area contributed by atoms with Crippen LogP contribution >= 0.6 is 11.6 Å². The van der Waals surface area contributed by atoms with Crippen LogP contribution in [0.1, 0.15) is 13.3 Å². The van der Waals surface area contributed by atoms with E-state index in [1.807, 2.05) is 6.92 Å². The van der Waals surface area contributed by atoms with Gasteiger partial charge in [0.2, 0.25) is 0 Å². The lowest BCUT2D eigenvalue weighted by Gasteiger charge is -2.27. The molecule has 0 spiro atoms. The van der Waals surface area contributed by atoms with E-state index in [2.05, 4.69) is 11.9 Å². The third-order valence-electron chi connectivity index (χ3n) is 2.75. The molecule has 0 fully saturated rings. The average molecular weight is 282 g/mol. The smallest absolute Gasteiger partial charge is 0.337 e. The highest BCUT2D eigenvalue weighted by atomic mass is 35.5. The second kappa shape index (κ2) is 6.24. The summed E-state index contributed by atoms with van der Waals surface area (Å²) in [6.07, 6.45) is 5.14. The number of rotatable bonds is 5. The van der Waals surface area contributed by atoms with Crippen molar-refractivity contribution in [1.82, 2.24) is 5.32 Å². The molecule has 1 atom stereocenters. The van der Waals surface area contributed by atoms with Crippen LogP contribution in [-0.2, 0) is 4.79 Å². The maximum absolute atomic E-state index is 11.1. The van der Waals surface area contributed by atoms with Gasteiger partial charge in [-0.2, -0.15) is 0 Å². The first-order chi connectivity index (χ1) is 8.92. The Morgan fingerprint density at radius 2 is 2.37 bits per heavy atom. The van der Waals surface area contributed by atoms with Gasteiger partial charge in [0, 0.05) is 0 Å². The number of carbonyl (C=O) groups is 1. The molecule has 0 aliphatic heterocycles. The Bertz CT molecular complexity index is 518. The van der Waals surface area contributed by atoms with E-state index in [0.29, 0.717) is 11.6 Å². The Hall–Kier alpha value is -2.01. The molecule has 0 heterocycles. The van der Waals surface area contributed by atoms with Crippen molar-refractivity contribution in [2.75, 3.05) is 0 Å². The molecule has 0 saturated heterocycles. The molecule has 0 amide bonds. The van der Waals surface area contributed by atoms with Gasteiger partial charge < -0.3 is 21.6 Å². The van der Waals surface area contributed by atoms with Gasteiger partial charge in [0.05, 0.1) is 23.0 Å². The van der Waals surface area contributed by atoms with Gasteiger partial charge in [0.25, 0.3) is 0 Å². The molecule has 0 radical (unpaired) electrons. The fourth-order valence-electron chi connectivity index (χ4n) is 1.77. The van der Waals surface area contributed by atoms with E-state index in [1.165, 1.54) is 12.2 Å². The number of hydrogen-bond donors (Lipinski definition) is 4. The number of aliphatic carboxylic acids is 1. The molecule has 5 N–H and O–H groups in total. The molecule has 0 aromatic heterocycles. The molecular formula is C13H16ClN3O2.